The molecule has 8 heteroatoms. The molecule has 0 atom stereocenters. The fourth-order valence-corrected chi connectivity index (χ4v) is 2.81. The third-order valence-corrected chi connectivity index (χ3v) is 4.13. The fraction of sp³-hybridized carbons (Fsp3) is 0.250. The monoisotopic (exact) mass is 297 g/mol. The molecule has 0 saturated heterocycles. The van der Waals surface area contributed by atoms with E-state index < -0.39 is 16.6 Å². The highest BCUT2D eigenvalue weighted by molar-refractivity contribution is 7.89. The molecule has 2 rings (SSSR count). The Morgan fingerprint density at radius 1 is 1.45 bits per heavy atom. The fourth-order valence-electron chi connectivity index (χ4n) is 1.68. The minimum absolute atomic E-state index is 0.115. The molecule has 0 saturated carbocycles. The molecule has 0 fully saturated rings. The van der Waals surface area contributed by atoms with Crippen LogP contribution in [0.15, 0.2) is 35.5 Å². The Morgan fingerprint density at radius 3 is 2.95 bits per heavy atom. The third-order valence-electron chi connectivity index (χ3n) is 2.72. The van der Waals surface area contributed by atoms with Gasteiger partial charge in [-0.2, -0.15) is 5.10 Å². The summed E-state index contributed by atoms with van der Waals surface area (Å²) in [5, 5.41) is 14.9. The molecule has 108 valence electrons. The molecule has 1 heterocycles. The van der Waals surface area contributed by atoms with Gasteiger partial charge in [0, 0.05) is 12.1 Å². The number of H-pyrrole nitrogens is 1. The molecule has 1 aromatic heterocycles. The number of aliphatic hydroxyl groups is 1. The van der Waals surface area contributed by atoms with Gasteiger partial charge < -0.3 is 9.84 Å². The Morgan fingerprint density at radius 2 is 2.25 bits per heavy atom. The van der Waals surface area contributed by atoms with E-state index in [1.165, 1.54) is 6.20 Å². The second-order valence-electron chi connectivity index (χ2n) is 4.06. The molecule has 0 unspecified atom stereocenters. The maximum atomic E-state index is 12.1. The summed E-state index contributed by atoms with van der Waals surface area (Å²) < 4.78 is 31.7. The lowest BCUT2D eigenvalue weighted by Crippen LogP contribution is -2.24. The lowest BCUT2D eigenvalue weighted by atomic mass is 10.2. The highest BCUT2D eigenvalue weighted by Gasteiger charge is 2.20. The van der Waals surface area contributed by atoms with E-state index in [0.717, 1.165) is 5.56 Å². The normalized spacial score (nSPS) is 11.5. The molecule has 0 spiro atoms. The minimum Gasteiger partial charge on any atom is -0.497 e. The van der Waals surface area contributed by atoms with Gasteiger partial charge in [-0.3, -0.25) is 5.10 Å². The number of nitrogens with one attached hydrogen (secondary N) is 2. The Bertz CT molecular complexity index is 682. The first kappa shape index (κ1) is 14.5. The van der Waals surface area contributed by atoms with E-state index in [1.54, 1.807) is 31.4 Å². The van der Waals surface area contributed by atoms with Crippen LogP contribution in [-0.2, 0) is 23.2 Å². The summed E-state index contributed by atoms with van der Waals surface area (Å²) >= 11 is 0. The maximum absolute atomic E-state index is 12.1. The summed E-state index contributed by atoms with van der Waals surface area (Å²) in [6.45, 7) is -0.282. The zero-order valence-corrected chi connectivity index (χ0v) is 11.6. The van der Waals surface area contributed by atoms with Gasteiger partial charge in [-0.25, -0.2) is 13.1 Å². The second-order valence-corrected chi connectivity index (χ2v) is 5.76. The number of benzene rings is 1. The number of hydrogen-bond acceptors (Lipinski definition) is 5. The van der Waals surface area contributed by atoms with Crippen molar-refractivity contribution in [3.63, 3.8) is 0 Å². The predicted octanol–water partition coefficient (Wildman–Crippen LogP) is 0.389. The van der Waals surface area contributed by atoms with Gasteiger partial charge in [-0.05, 0) is 17.7 Å². The number of ether oxygens (including phenoxy) is 1. The number of methoxy groups -OCH3 is 1. The van der Waals surface area contributed by atoms with Crippen molar-refractivity contribution in [2.45, 2.75) is 18.2 Å². The lowest BCUT2D eigenvalue weighted by molar-refractivity contribution is 0.278. The maximum Gasteiger partial charge on any atom is 0.258 e. The third kappa shape index (κ3) is 3.16. The summed E-state index contributed by atoms with van der Waals surface area (Å²) in [7, 11) is -2.20. The number of aromatic nitrogens is 2. The summed E-state index contributed by atoms with van der Waals surface area (Å²) in [5.41, 5.74) is 0.987. The number of sulfonamides is 1. The number of aromatic amines is 1. The smallest absolute Gasteiger partial charge is 0.258 e. The molecule has 3 N–H and O–H groups in total. The standard InChI is InChI=1S/C12H15N3O4S/c1-19-11-4-2-3-9(5-11)6-14-20(17,18)12-10(8-16)7-13-15-12/h2-5,7,14,16H,6,8H2,1H3,(H,13,15). The van der Waals surface area contributed by atoms with Gasteiger partial charge in [-0.1, -0.05) is 12.1 Å². The molecule has 2 aromatic rings. The first-order chi connectivity index (χ1) is 9.56. The topological polar surface area (TPSA) is 104 Å². The number of nitrogens with zero attached hydrogens (tertiary/aromatic N) is 1. The van der Waals surface area contributed by atoms with Crippen LogP contribution < -0.4 is 9.46 Å². The SMILES string of the molecule is COc1cccc(CNS(=O)(=O)c2[nH]ncc2CO)c1. The van der Waals surface area contributed by atoms with E-state index in [0.29, 0.717) is 5.75 Å². The van der Waals surface area contributed by atoms with Crippen molar-refractivity contribution >= 4 is 10.0 Å². The Labute approximate surface area is 116 Å². The molecule has 0 aliphatic rings. The van der Waals surface area contributed by atoms with Crippen molar-refractivity contribution in [1.82, 2.24) is 14.9 Å². The largest absolute Gasteiger partial charge is 0.497 e. The van der Waals surface area contributed by atoms with Crippen LogP contribution in [0.25, 0.3) is 0 Å². The van der Waals surface area contributed by atoms with Crippen molar-refractivity contribution < 1.29 is 18.3 Å². The highest BCUT2D eigenvalue weighted by atomic mass is 32.2. The van der Waals surface area contributed by atoms with E-state index in [2.05, 4.69) is 14.9 Å². The molecule has 0 aliphatic heterocycles. The minimum atomic E-state index is -3.75. The first-order valence-electron chi connectivity index (χ1n) is 5.82. The molecule has 7 nitrogen and oxygen atoms in total. The van der Waals surface area contributed by atoms with Crippen molar-refractivity contribution in [3.05, 3.63) is 41.6 Å². The number of rotatable bonds is 6. The van der Waals surface area contributed by atoms with Gasteiger partial charge in [0.1, 0.15) is 5.75 Å². The summed E-state index contributed by atoms with van der Waals surface area (Å²) in [6, 6.07) is 7.07. The van der Waals surface area contributed by atoms with Crippen LogP contribution in [-0.4, -0.2) is 30.8 Å². The quantitative estimate of drug-likeness (QED) is 0.715. The van der Waals surface area contributed by atoms with E-state index in [4.69, 9.17) is 9.84 Å². The molecule has 1 aromatic carbocycles. The van der Waals surface area contributed by atoms with Gasteiger partial charge in [0.15, 0.2) is 5.03 Å². The Balaban J connectivity index is 2.13. The van der Waals surface area contributed by atoms with Crippen LogP contribution in [0.3, 0.4) is 0 Å². The van der Waals surface area contributed by atoms with E-state index in [9.17, 15) is 8.42 Å². The molecule has 0 bridgehead atoms. The zero-order chi connectivity index (χ0) is 14.6. The van der Waals surface area contributed by atoms with Crippen LogP contribution in [0.5, 0.6) is 5.75 Å². The highest BCUT2D eigenvalue weighted by Crippen LogP contribution is 2.15. The van der Waals surface area contributed by atoms with E-state index >= 15 is 0 Å². The van der Waals surface area contributed by atoms with E-state index in [1.807, 2.05) is 0 Å². The summed E-state index contributed by atoms with van der Waals surface area (Å²) in [6.07, 6.45) is 1.28. The molecular formula is C12H15N3O4S. The van der Waals surface area contributed by atoms with Crippen LogP contribution in [0.4, 0.5) is 0 Å². The molecule has 0 radical (unpaired) electrons. The molecule has 0 aliphatic carbocycles. The van der Waals surface area contributed by atoms with Crippen LogP contribution in [0.2, 0.25) is 0 Å². The van der Waals surface area contributed by atoms with Gasteiger partial charge in [0.25, 0.3) is 10.0 Å². The molecule has 0 amide bonds. The number of hydrogen-bond donors (Lipinski definition) is 3. The van der Waals surface area contributed by atoms with Gasteiger partial charge in [0.2, 0.25) is 0 Å². The summed E-state index contributed by atoms with van der Waals surface area (Å²) in [5.74, 6) is 0.652. The zero-order valence-electron chi connectivity index (χ0n) is 10.8. The Hall–Kier alpha value is -1.90. The van der Waals surface area contributed by atoms with Gasteiger partial charge in [-0.15, -0.1) is 0 Å². The predicted molar refractivity (Wildman–Crippen MR) is 71.5 cm³/mol. The van der Waals surface area contributed by atoms with Crippen LogP contribution in [0, 0.1) is 0 Å². The van der Waals surface area contributed by atoms with Crippen LogP contribution in [0.1, 0.15) is 11.1 Å². The summed E-state index contributed by atoms with van der Waals surface area (Å²) in [4.78, 5) is 0. The Kier molecular flexibility index (Phi) is 4.38. The molecule has 20 heavy (non-hydrogen) atoms. The van der Waals surface area contributed by atoms with Gasteiger partial charge in [0.05, 0.1) is 19.9 Å². The first-order valence-corrected chi connectivity index (χ1v) is 7.31. The average Bonchev–Trinajstić information content (AvgIpc) is 2.95. The second kappa shape index (κ2) is 6.04. The van der Waals surface area contributed by atoms with Crippen molar-refractivity contribution in [1.29, 1.82) is 0 Å². The van der Waals surface area contributed by atoms with Crippen LogP contribution >= 0.6 is 0 Å². The van der Waals surface area contributed by atoms with Gasteiger partial charge >= 0.3 is 0 Å². The average molecular weight is 297 g/mol. The van der Waals surface area contributed by atoms with E-state index in [-0.39, 0.29) is 17.1 Å². The molecular weight excluding hydrogens is 282 g/mol. The van der Waals surface area contributed by atoms with Crippen molar-refractivity contribution in [2.75, 3.05) is 7.11 Å². The lowest BCUT2D eigenvalue weighted by Gasteiger charge is -2.07. The number of aliphatic hydroxyl groups excluding tert-OH is 1. The van der Waals surface area contributed by atoms with Crippen molar-refractivity contribution in [2.24, 2.45) is 0 Å². The van der Waals surface area contributed by atoms with Crippen molar-refractivity contribution in [3.8, 4) is 5.75 Å².